The fourth-order valence-corrected chi connectivity index (χ4v) is 3.73. The molecule has 8 nitrogen and oxygen atoms in total. The third-order valence-corrected chi connectivity index (χ3v) is 5.42. The summed E-state index contributed by atoms with van der Waals surface area (Å²) in [6, 6.07) is 4.23. The number of nitrogens with one attached hydrogen (secondary N) is 3. The quantitative estimate of drug-likeness (QED) is 0.581. The monoisotopic (exact) mass is 408 g/mol. The van der Waals surface area contributed by atoms with Gasteiger partial charge in [0, 0.05) is 29.9 Å². The molecule has 1 amide bonds. The molecule has 1 aliphatic carbocycles. The summed E-state index contributed by atoms with van der Waals surface area (Å²) in [4.78, 5) is 33.0. The Balaban J connectivity index is 1.71. The molecule has 0 aliphatic heterocycles. The van der Waals surface area contributed by atoms with Gasteiger partial charge < -0.3 is 15.6 Å². The van der Waals surface area contributed by atoms with Crippen LogP contribution in [-0.4, -0.2) is 31.7 Å². The normalized spacial score (nSPS) is 13.8. The summed E-state index contributed by atoms with van der Waals surface area (Å²) in [6.45, 7) is 9.85. The van der Waals surface area contributed by atoms with Gasteiger partial charge in [-0.25, -0.2) is 9.67 Å². The Hall–Kier alpha value is -3.16. The smallest absolute Gasteiger partial charge is 0.253 e. The lowest BCUT2D eigenvalue weighted by atomic mass is 10.1. The molecule has 30 heavy (non-hydrogen) atoms. The first-order valence-corrected chi connectivity index (χ1v) is 10.4. The molecule has 1 saturated carbocycles. The average molecular weight is 409 g/mol. The topological polar surface area (TPSA) is 105 Å². The lowest BCUT2D eigenvalue weighted by molar-refractivity contribution is 0.0952. The fraction of sp³-hybridized carbons (Fsp3) is 0.455. The Kier molecular flexibility index (Phi) is 5.09. The molecule has 0 aromatic carbocycles. The van der Waals surface area contributed by atoms with Gasteiger partial charge in [0.1, 0.15) is 5.82 Å². The number of rotatable bonds is 6. The van der Waals surface area contributed by atoms with Crippen LogP contribution in [0.2, 0.25) is 0 Å². The van der Waals surface area contributed by atoms with Gasteiger partial charge in [-0.2, -0.15) is 5.10 Å². The second-order valence-corrected chi connectivity index (χ2v) is 8.42. The van der Waals surface area contributed by atoms with Crippen LogP contribution in [0.5, 0.6) is 0 Å². The van der Waals surface area contributed by atoms with E-state index in [2.05, 4.69) is 20.7 Å². The number of carbonyl (C=O) groups excluding carboxylic acids is 1. The van der Waals surface area contributed by atoms with Crippen LogP contribution < -0.4 is 16.2 Å². The number of aromatic nitrogens is 4. The Morgan fingerprint density at radius 2 is 2.00 bits per heavy atom. The van der Waals surface area contributed by atoms with Crippen LogP contribution in [0.25, 0.3) is 11.0 Å². The number of amides is 1. The number of anilines is 1. The number of H-pyrrole nitrogens is 1. The summed E-state index contributed by atoms with van der Waals surface area (Å²) in [5.41, 5.74) is 4.03. The lowest BCUT2D eigenvalue weighted by Gasteiger charge is -2.12. The van der Waals surface area contributed by atoms with Crippen molar-refractivity contribution in [1.29, 1.82) is 0 Å². The molecule has 0 spiro atoms. The van der Waals surface area contributed by atoms with Gasteiger partial charge in [0.2, 0.25) is 0 Å². The number of nitrogens with zero attached hydrogens (tertiary/aromatic N) is 3. The van der Waals surface area contributed by atoms with Crippen LogP contribution in [0.3, 0.4) is 0 Å². The SMILES string of the molecule is Cc1cc(C)c(CNC(=O)c2cc(NC3CC3)nc3c2c(C)nn3C(C)C)c(=O)[nH]1. The molecule has 0 bridgehead atoms. The van der Waals surface area contributed by atoms with E-state index in [-0.39, 0.29) is 24.1 Å². The number of carbonyl (C=O) groups is 1. The second-order valence-electron chi connectivity index (χ2n) is 8.42. The molecule has 0 unspecified atom stereocenters. The standard InChI is InChI=1S/C22H28N6O2/c1-11(2)28-20-19(14(5)27-28)16(9-18(26-20)25-15-6-7-15)21(29)23-10-17-12(3)8-13(4)24-22(17)30/h8-9,11,15H,6-7,10H2,1-5H3,(H,23,29)(H,24,30)(H,25,26). The van der Waals surface area contributed by atoms with E-state index in [4.69, 9.17) is 4.98 Å². The molecule has 3 heterocycles. The average Bonchev–Trinajstić information content (AvgIpc) is 3.41. The minimum Gasteiger partial charge on any atom is -0.367 e. The van der Waals surface area contributed by atoms with Crippen LogP contribution in [-0.2, 0) is 6.54 Å². The molecule has 3 aromatic rings. The maximum Gasteiger partial charge on any atom is 0.253 e. The highest BCUT2D eigenvalue weighted by atomic mass is 16.1. The fourth-order valence-electron chi connectivity index (χ4n) is 3.73. The van der Waals surface area contributed by atoms with Gasteiger partial charge >= 0.3 is 0 Å². The summed E-state index contributed by atoms with van der Waals surface area (Å²) in [5.74, 6) is 0.438. The number of fused-ring (bicyclic) bond motifs is 1. The maximum absolute atomic E-state index is 13.2. The first-order chi connectivity index (χ1) is 14.2. The van der Waals surface area contributed by atoms with Crippen molar-refractivity contribution in [3.8, 4) is 0 Å². The highest BCUT2D eigenvalue weighted by molar-refractivity contribution is 6.07. The summed E-state index contributed by atoms with van der Waals surface area (Å²) in [6.07, 6.45) is 2.22. The van der Waals surface area contributed by atoms with E-state index in [1.54, 1.807) is 6.07 Å². The van der Waals surface area contributed by atoms with E-state index in [0.29, 0.717) is 28.6 Å². The molecule has 3 N–H and O–H groups in total. The molecule has 1 aliphatic rings. The third kappa shape index (κ3) is 3.81. The number of pyridine rings is 2. The van der Waals surface area contributed by atoms with Crippen LogP contribution in [0, 0.1) is 20.8 Å². The summed E-state index contributed by atoms with van der Waals surface area (Å²) in [7, 11) is 0. The van der Waals surface area contributed by atoms with Gasteiger partial charge in [0.05, 0.1) is 16.6 Å². The molecule has 0 saturated heterocycles. The van der Waals surface area contributed by atoms with E-state index in [0.717, 1.165) is 35.2 Å². The molecule has 158 valence electrons. The van der Waals surface area contributed by atoms with Gasteiger partial charge in [-0.1, -0.05) is 0 Å². The van der Waals surface area contributed by atoms with Gasteiger partial charge in [-0.15, -0.1) is 0 Å². The van der Waals surface area contributed by atoms with E-state index >= 15 is 0 Å². The van der Waals surface area contributed by atoms with Crippen LogP contribution in [0.15, 0.2) is 16.9 Å². The van der Waals surface area contributed by atoms with Crippen LogP contribution in [0.1, 0.15) is 65.6 Å². The summed E-state index contributed by atoms with van der Waals surface area (Å²) in [5, 5.41) is 11.7. The van der Waals surface area contributed by atoms with Crippen molar-refractivity contribution < 1.29 is 4.79 Å². The molecule has 4 rings (SSSR count). The van der Waals surface area contributed by atoms with Gasteiger partial charge in [0.25, 0.3) is 11.5 Å². The molecule has 3 aromatic heterocycles. The predicted molar refractivity (Wildman–Crippen MR) is 117 cm³/mol. The van der Waals surface area contributed by atoms with Gasteiger partial charge in [0.15, 0.2) is 5.65 Å². The zero-order chi connectivity index (χ0) is 21.6. The molecular weight excluding hydrogens is 380 g/mol. The first-order valence-electron chi connectivity index (χ1n) is 10.4. The highest BCUT2D eigenvalue weighted by Crippen LogP contribution is 2.29. The first kappa shape index (κ1) is 20.1. The molecule has 0 atom stereocenters. The molecular formula is C22H28N6O2. The lowest BCUT2D eigenvalue weighted by Crippen LogP contribution is -2.28. The van der Waals surface area contributed by atoms with Crippen LogP contribution >= 0.6 is 0 Å². The van der Waals surface area contributed by atoms with Crippen molar-refractivity contribution >= 4 is 22.8 Å². The highest BCUT2D eigenvalue weighted by Gasteiger charge is 2.25. The minimum absolute atomic E-state index is 0.120. The third-order valence-electron chi connectivity index (χ3n) is 5.42. The Labute approximate surface area is 175 Å². The number of hydrogen-bond donors (Lipinski definition) is 3. The van der Waals surface area contributed by atoms with Gasteiger partial charge in [-0.05, 0) is 65.2 Å². The van der Waals surface area contributed by atoms with E-state index in [9.17, 15) is 9.59 Å². The van der Waals surface area contributed by atoms with Crippen molar-refractivity contribution in [3.63, 3.8) is 0 Å². The Morgan fingerprint density at radius 3 is 2.63 bits per heavy atom. The molecule has 0 radical (unpaired) electrons. The van der Waals surface area contributed by atoms with Crippen molar-refractivity contribution in [3.05, 3.63) is 50.6 Å². The van der Waals surface area contributed by atoms with Crippen LogP contribution in [0.4, 0.5) is 5.82 Å². The molecule has 8 heteroatoms. The number of aromatic amines is 1. The Morgan fingerprint density at radius 1 is 1.27 bits per heavy atom. The predicted octanol–water partition coefficient (Wildman–Crippen LogP) is 3.13. The zero-order valence-electron chi connectivity index (χ0n) is 18.1. The zero-order valence-corrected chi connectivity index (χ0v) is 18.1. The minimum atomic E-state index is -0.243. The summed E-state index contributed by atoms with van der Waals surface area (Å²) >= 11 is 0. The van der Waals surface area contributed by atoms with E-state index < -0.39 is 0 Å². The molecule has 1 fully saturated rings. The van der Waals surface area contributed by atoms with Crippen molar-refractivity contribution in [2.75, 3.05) is 5.32 Å². The van der Waals surface area contributed by atoms with E-state index in [1.165, 1.54) is 0 Å². The summed E-state index contributed by atoms with van der Waals surface area (Å²) < 4.78 is 1.86. The Bertz CT molecular complexity index is 1190. The van der Waals surface area contributed by atoms with Gasteiger partial charge in [-0.3, -0.25) is 9.59 Å². The maximum atomic E-state index is 13.2. The number of hydrogen-bond acceptors (Lipinski definition) is 5. The van der Waals surface area contributed by atoms with Crippen molar-refractivity contribution in [1.82, 2.24) is 25.1 Å². The number of aryl methyl sites for hydroxylation is 3. The van der Waals surface area contributed by atoms with Crippen molar-refractivity contribution in [2.24, 2.45) is 0 Å². The van der Waals surface area contributed by atoms with E-state index in [1.807, 2.05) is 45.4 Å². The largest absolute Gasteiger partial charge is 0.367 e. The van der Waals surface area contributed by atoms with Crippen molar-refractivity contribution in [2.45, 2.75) is 66.1 Å². The second kappa shape index (κ2) is 7.59.